The topological polar surface area (TPSA) is 26.0 Å². The van der Waals surface area contributed by atoms with Crippen LogP contribution in [0.25, 0.3) is 0 Å². The molecule has 1 aromatic rings. The van der Waals surface area contributed by atoms with Gasteiger partial charge in [0.05, 0.1) is 0 Å². The minimum atomic E-state index is 0.343. The van der Waals surface area contributed by atoms with E-state index in [0.29, 0.717) is 6.04 Å². The highest BCUT2D eigenvalue weighted by Gasteiger charge is 2.01. The summed E-state index contributed by atoms with van der Waals surface area (Å²) >= 11 is 1.84. The Morgan fingerprint density at radius 3 is 2.62 bits per heavy atom. The molecule has 0 heterocycles. The van der Waals surface area contributed by atoms with Gasteiger partial charge in [-0.15, -0.1) is 11.8 Å². The molecule has 2 N–H and O–H groups in total. The second-order valence-corrected chi connectivity index (χ2v) is 4.27. The van der Waals surface area contributed by atoms with Crippen LogP contribution in [0.4, 0.5) is 0 Å². The third kappa shape index (κ3) is 4.34. The number of thioether (sulfide) groups is 1. The van der Waals surface area contributed by atoms with Gasteiger partial charge in [0.15, 0.2) is 0 Å². The van der Waals surface area contributed by atoms with Crippen LogP contribution in [0.5, 0.6) is 0 Å². The molecule has 2 heteroatoms. The smallest absolute Gasteiger partial charge is 0.0133 e. The summed E-state index contributed by atoms with van der Waals surface area (Å²) < 4.78 is 0. The molecule has 0 aliphatic heterocycles. The SMILES string of the molecule is CCCC(N)CSc1ccccc1. The molecule has 0 aliphatic rings. The number of hydrogen-bond acceptors (Lipinski definition) is 2. The van der Waals surface area contributed by atoms with Crippen molar-refractivity contribution in [3.05, 3.63) is 30.3 Å². The van der Waals surface area contributed by atoms with Crippen LogP contribution in [-0.2, 0) is 0 Å². The Morgan fingerprint density at radius 2 is 2.00 bits per heavy atom. The van der Waals surface area contributed by atoms with Crippen LogP contribution in [0.2, 0.25) is 0 Å². The van der Waals surface area contributed by atoms with E-state index in [9.17, 15) is 0 Å². The van der Waals surface area contributed by atoms with E-state index >= 15 is 0 Å². The van der Waals surface area contributed by atoms with Gasteiger partial charge < -0.3 is 5.73 Å². The molecule has 0 amide bonds. The zero-order valence-electron chi connectivity index (χ0n) is 8.07. The Kier molecular flexibility index (Phi) is 4.94. The molecule has 1 rings (SSSR count). The second kappa shape index (κ2) is 6.06. The molecular weight excluding hydrogens is 178 g/mol. The number of hydrogen-bond donors (Lipinski definition) is 1. The quantitative estimate of drug-likeness (QED) is 0.731. The van der Waals surface area contributed by atoms with Crippen molar-refractivity contribution in [1.29, 1.82) is 0 Å². The highest BCUT2D eigenvalue weighted by molar-refractivity contribution is 7.99. The van der Waals surface area contributed by atoms with E-state index in [1.165, 1.54) is 11.3 Å². The predicted molar refractivity (Wildman–Crippen MR) is 60.0 cm³/mol. The van der Waals surface area contributed by atoms with E-state index in [1.807, 2.05) is 17.8 Å². The molecule has 0 aliphatic carbocycles. The fraction of sp³-hybridized carbons (Fsp3) is 0.455. The molecule has 0 saturated heterocycles. The van der Waals surface area contributed by atoms with Crippen molar-refractivity contribution in [3.8, 4) is 0 Å². The lowest BCUT2D eigenvalue weighted by molar-refractivity contribution is 0.661. The molecule has 1 unspecified atom stereocenters. The van der Waals surface area contributed by atoms with Crippen LogP contribution in [0, 0.1) is 0 Å². The molecule has 0 radical (unpaired) electrons. The minimum absolute atomic E-state index is 0.343. The molecule has 1 nitrogen and oxygen atoms in total. The number of benzene rings is 1. The molecule has 0 fully saturated rings. The standard InChI is InChI=1S/C11H17NS/c1-2-6-10(12)9-13-11-7-4-3-5-8-11/h3-5,7-8,10H,2,6,9,12H2,1H3. The lowest BCUT2D eigenvalue weighted by Crippen LogP contribution is -2.22. The minimum Gasteiger partial charge on any atom is -0.327 e. The average Bonchev–Trinajstić information content (AvgIpc) is 2.17. The molecule has 13 heavy (non-hydrogen) atoms. The van der Waals surface area contributed by atoms with Gasteiger partial charge in [0.1, 0.15) is 0 Å². The van der Waals surface area contributed by atoms with E-state index in [1.54, 1.807) is 0 Å². The van der Waals surface area contributed by atoms with Gasteiger partial charge in [0, 0.05) is 16.7 Å². The summed E-state index contributed by atoms with van der Waals surface area (Å²) in [5.41, 5.74) is 5.91. The molecule has 1 aromatic carbocycles. The summed E-state index contributed by atoms with van der Waals surface area (Å²) in [5.74, 6) is 1.03. The van der Waals surface area contributed by atoms with Gasteiger partial charge >= 0.3 is 0 Å². The van der Waals surface area contributed by atoms with Gasteiger partial charge in [-0.2, -0.15) is 0 Å². The molecule has 0 aromatic heterocycles. The second-order valence-electron chi connectivity index (χ2n) is 3.17. The first-order valence-electron chi connectivity index (χ1n) is 4.76. The number of nitrogens with two attached hydrogens (primary N) is 1. The Labute approximate surface area is 84.7 Å². The van der Waals surface area contributed by atoms with Gasteiger partial charge in [-0.1, -0.05) is 31.5 Å². The van der Waals surface area contributed by atoms with E-state index in [0.717, 1.165) is 12.2 Å². The van der Waals surface area contributed by atoms with Crippen molar-refractivity contribution >= 4 is 11.8 Å². The van der Waals surface area contributed by atoms with Crippen LogP contribution in [0.3, 0.4) is 0 Å². The van der Waals surface area contributed by atoms with E-state index in [4.69, 9.17) is 5.73 Å². The van der Waals surface area contributed by atoms with E-state index in [2.05, 4.69) is 31.2 Å². The van der Waals surface area contributed by atoms with Gasteiger partial charge in [-0.05, 0) is 18.6 Å². The van der Waals surface area contributed by atoms with Gasteiger partial charge in [-0.25, -0.2) is 0 Å². The van der Waals surface area contributed by atoms with Crippen molar-refractivity contribution in [3.63, 3.8) is 0 Å². The zero-order valence-corrected chi connectivity index (χ0v) is 8.89. The summed E-state index contributed by atoms with van der Waals surface area (Å²) in [6, 6.07) is 10.8. The van der Waals surface area contributed by atoms with Gasteiger partial charge in [-0.3, -0.25) is 0 Å². The van der Waals surface area contributed by atoms with Crippen LogP contribution >= 0.6 is 11.8 Å². The predicted octanol–water partition coefficient (Wildman–Crippen LogP) is 2.91. The Bertz CT molecular complexity index is 223. The summed E-state index contributed by atoms with van der Waals surface area (Å²) in [6.07, 6.45) is 2.30. The Hall–Kier alpha value is -0.470. The van der Waals surface area contributed by atoms with E-state index < -0.39 is 0 Å². The Morgan fingerprint density at radius 1 is 1.31 bits per heavy atom. The summed E-state index contributed by atoms with van der Waals surface area (Å²) in [6.45, 7) is 2.17. The monoisotopic (exact) mass is 195 g/mol. The lowest BCUT2D eigenvalue weighted by Gasteiger charge is -2.08. The molecule has 72 valence electrons. The first-order valence-corrected chi connectivity index (χ1v) is 5.75. The highest BCUT2D eigenvalue weighted by atomic mass is 32.2. The van der Waals surface area contributed by atoms with Crippen molar-refractivity contribution in [2.24, 2.45) is 5.73 Å². The molecule has 1 atom stereocenters. The summed E-state index contributed by atoms with van der Waals surface area (Å²) in [7, 11) is 0. The third-order valence-electron chi connectivity index (χ3n) is 1.87. The largest absolute Gasteiger partial charge is 0.327 e. The van der Waals surface area contributed by atoms with Gasteiger partial charge in [0.2, 0.25) is 0 Å². The maximum Gasteiger partial charge on any atom is 0.0133 e. The fourth-order valence-electron chi connectivity index (χ4n) is 1.17. The van der Waals surface area contributed by atoms with Crippen LogP contribution < -0.4 is 5.73 Å². The molecule has 0 spiro atoms. The normalized spacial score (nSPS) is 12.8. The van der Waals surface area contributed by atoms with Crippen molar-refractivity contribution < 1.29 is 0 Å². The Balaban J connectivity index is 2.27. The summed E-state index contributed by atoms with van der Waals surface area (Å²) in [5, 5.41) is 0. The van der Waals surface area contributed by atoms with Gasteiger partial charge in [0.25, 0.3) is 0 Å². The van der Waals surface area contributed by atoms with Crippen molar-refractivity contribution in [1.82, 2.24) is 0 Å². The first-order chi connectivity index (χ1) is 6.33. The maximum absolute atomic E-state index is 5.91. The molecule has 0 saturated carbocycles. The highest BCUT2D eigenvalue weighted by Crippen LogP contribution is 2.18. The van der Waals surface area contributed by atoms with Crippen LogP contribution in [0.1, 0.15) is 19.8 Å². The van der Waals surface area contributed by atoms with E-state index in [-0.39, 0.29) is 0 Å². The van der Waals surface area contributed by atoms with Crippen molar-refractivity contribution in [2.75, 3.05) is 5.75 Å². The van der Waals surface area contributed by atoms with Crippen LogP contribution in [0.15, 0.2) is 35.2 Å². The summed E-state index contributed by atoms with van der Waals surface area (Å²) in [4.78, 5) is 1.31. The first kappa shape index (κ1) is 10.6. The fourth-order valence-corrected chi connectivity index (χ4v) is 2.10. The number of rotatable bonds is 5. The third-order valence-corrected chi connectivity index (χ3v) is 3.07. The van der Waals surface area contributed by atoms with Crippen LogP contribution in [-0.4, -0.2) is 11.8 Å². The average molecular weight is 195 g/mol. The maximum atomic E-state index is 5.91. The lowest BCUT2D eigenvalue weighted by atomic mass is 10.2. The molecule has 0 bridgehead atoms. The van der Waals surface area contributed by atoms with Crippen molar-refractivity contribution in [2.45, 2.75) is 30.7 Å². The molecular formula is C11H17NS. The zero-order chi connectivity index (χ0) is 9.52.